The van der Waals surface area contributed by atoms with E-state index in [0.29, 0.717) is 32.9 Å². The average Bonchev–Trinajstić information content (AvgIpc) is 2.24. The van der Waals surface area contributed by atoms with Gasteiger partial charge in [-0.15, -0.1) is 0 Å². The van der Waals surface area contributed by atoms with Crippen molar-refractivity contribution in [3.8, 4) is 0 Å². The van der Waals surface area contributed by atoms with Gasteiger partial charge in [0.2, 0.25) is 0 Å². The molecular weight excluding hydrogens is 210 g/mol. The van der Waals surface area contributed by atoms with Crippen molar-refractivity contribution in [3.63, 3.8) is 0 Å². The SMILES string of the molecule is COCCOCC(O)CNCC(C)(C)CO. The monoisotopic (exact) mass is 235 g/mol. The van der Waals surface area contributed by atoms with E-state index in [1.165, 1.54) is 0 Å². The zero-order chi connectivity index (χ0) is 12.4. The maximum absolute atomic E-state index is 9.53. The number of aliphatic hydroxyl groups excluding tert-OH is 2. The Bertz CT molecular complexity index is 164. The highest BCUT2D eigenvalue weighted by atomic mass is 16.5. The number of rotatable bonds is 10. The van der Waals surface area contributed by atoms with Crippen LogP contribution in [-0.4, -0.2) is 62.9 Å². The molecule has 0 heterocycles. The highest BCUT2D eigenvalue weighted by molar-refractivity contribution is 4.71. The second kappa shape index (κ2) is 8.90. The first-order valence-corrected chi connectivity index (χ1v) is 5.58. The lowest BCUT2D eigenvalue weighted by Gasteiger charge is -2.23. The molecule has 0 amide bonds. The van der Waals surface area contributed by atoms with Crippen LogP contribution in [0.25, 0.3) is 0 Å². The van der Waals surface area contributed by atoms with Gasteiger partial charge in [0.1, 0.15) is 0 Å². The van der Waals surface area contributed by atoms with Crippen LogP contribution in [0.2, 0.25) is 0 Å². The van der Waals surface area contributed by atoms with E-state index in [2.05, 4.69) is 5.32 Å². The molecule has 0 saturated carbocycles. The van der Waals surface area contributed by atoms with Gasteiger partial charge in [-0.3, -0.25) is 0 Å². The Morgan fingerprint density at radius 2 is 2.00 bits per heavy atom. The standard InChI is InChI=1S/C11H25NO4/c1-11(2,9-13)8-12-6-10(14)7-16-5-4-15-3/h10,12-14H,4-9H2,1-3H3. The minimum atomic E-state index is -0.522. The molecule has 1 unspecified atom stereocenters. The van der Waals surface area contributed by atoms with E-state index >= 15 is 0 Å². The topological polar surface area (TPSA) is 71.0 Å². The largest absolute Gasteiger partial charge is 0.396 e. The van der Waals surface area contributed by atoms with Gasteiger partial charge in [0.15, 0.2) is 0 Å². The van der Waals surface area contributed by atoms with Crippen LogP contribution < -0.4 is 5.32 Å². The molecule has 0 fully saturated rings. The normalized spacial score (nSPS) is 14.1. The molecule has 0 aliphatic heterocycles. The zero-order valence-corrected chi connectivity index (χ0v) is 10.5. The predicted molar refractivity (Wildman–Crippen MR) is 62.4 cm³/mol. The molecule has 16 heavy (non-hydrogen) atoms. The first kappa shape index (κ1) is 15.8. The number of methoxy groups -OCH3 is 1. The van der Waals surface area contributed by atoms with Crippen molar-refractivity contribution in [2.45, 2.75) is 20.0 Å². The third kappa shape index (κ3) is 9.06. The maximum atomic E-state index is 9.53. The zero-order valence-electron chi connectivity index (χ0n) is 10.5. The number of hydrogen-bond acceptors (Lipinski definition) is 5. The van der Waals surface area contributed by atoms with E-state index in [-0.39, 0.29) is 12.0 Å². The Hall–Kier alpha value is -0.200. The fraction of sp³-hybridized carbons (Fsp3) is 1.00. The van der Waals surface area contributed by atoms with Crippen molar-refractivity contribution in [2.24, 2.45) is 5.41 Å². The van der Waals surface area contributed by atoms with Gasteiger partial charge in [0.25, 0.3) is 0 Å². The van der Waals surface area contributed by atoms with Gasteiger partial charge in [0.05, 0.1) is 25.9 Å². The molecule has 0 bridgehead atoms. The second-order valence-electron chi connectivity index (χ2n) is 4.67. The Morgan fingerprint density at radius 3 is 2.56 bits per heavy atom. The molecule has 0 rings (SSSR count). The van der Waals surface area contributed by atoms with Crippen molar-refractivity contribution in [3.05, 3.63) is 0 Å². The number of ether oxygens (including phenoxy) is 2. The summed E-state index contributed by atoms with van der Waals surface area (Å²) in [5.41, 5.74) is -0.156. The van der Waals surface area contributed by atoms with E-state index in [0.717, 1.165) is 0 Å². The molecule has 98 valence electrons. The van der Waals surface area contributed by atoms with Gasteiger partial charge in [-0.25, -0.2) is 0 Å². The van der Waals surface area contributed by atoms with E-state index in [1.807, 2.05) is 13.8 Å². The summed E-state index contributed by atoms with van der Waals surface area (Å²) in [4.78, 5) is 0. The lowest BCUT2D eigenvalue weighted by atomic mass is 9.95. The third-order valence-corrected chi connectivity index (χ3v) is 2.15. The summed E-state index contributed by atoms with van der Waals surface area (Å²) in [6.07, 6.45) is -0.522. The molecule has 0 spiro atoms. The van der Waals surface area contributed by atoms with Crippen molar-refractivity contribution in [1.82, 2.24) is 5.32 Å². The van der Waals surface area contributed by atoms with Gasteiger partial charge in [-0.1, -0.05) is 13.8 Å². The minimum Gasteiger partial charge on any atom is -0.396 e. The quantitative estimate of drug-likeness (QED) is 0.450. The molecule has 0 saturated heterocycles. The molecule has 0 aromatic carbocycles. The Balaban J connectivity index is 3.40. The number of nitrogens with one attached hydrogen (secondary N) is 1. The van der Waals surface area contributed by atoms with Gasteiger partial charge < -0.3 is 25.0 Å². The molecule has 1 atom stereocenters. The molecule has 0 aliphatic carbocycles. The van der Waals surface area contributed by atoms with Crippen LogP contribution in [0.1, 0.15) is 13.8 Å². The Labute approximate surface area is 97.8 Å². The van der Waals surface area contributed by atoms with Gasteiger partial charge in [0, 0.05) is 32.2 Å². The van der Waals surface area contributed by atoms with Gasteiger partial charge in [-0.05, 0) is 0 Å². The van der Waals surface area contributed by atoms with Gasteiger partial charge >= 0.3 is 0 Å². The van der Waals surface area contributed by atoms with Crippen LogP contribution in [0.4, 0.5) is 0 Å². The van der Waals surface area contributed by atoms with Crippen LogP contribution in [-0.2, 0) is 9.47 Å². The third-order valence-electron chi connectivity index (χ3n) is 2.15. The molecule has 3 N–H and O–H groups in total. The van der Waals surface area contributed by atoms with E-state index in [9.17, 15) is 5.11 Å². The minimum absolute atomic E-state index is 0.125. The predicted octanol–water partition coefficient (Wildman–Crippen LogP) is -0.382. The van der Waals surface area contributed by atoms with Crippen LogP contribution in [0, 0.1) is 5.41 Å². The highest BCUT2D eigenvalue weighted by Crippen LogP contribution is 2.10. The molecule has 5 heteroatoms. The van der Waals surface area contributed by atoms with E-state index < -0.39 is 6.10 Å². The van der Waals surface area contributed by atoms with E-state index in [1.54, 1.807) is 7.11 Å². The summed E-state index contributed by atoms with van der Waals surface area (Å²) in [6.45, 7) is 6.52. The molecule has 0 aromatic rings. The molecule has 0 aliphatic rings. The highest BCUT2D eigenvalue weighted by Gasteiger charge is 2.16. The Morgan fingerprint density at radius 1 is 1.31 bits per heavy atom. The summed E-state index contributed by atoms with van der Waals surface area (Å²) >= 11 is 0. The van der Waals surface area contributed by atoms with Crippen LogP contribution in [0.15, 0.2) is 0 Å². The van der Waals surface area contributed by atoms with E-state index in [4.69, 9.17) is 14.6 Å². The summed E-state index contributed by atoms with van der Waals surface area (Å²) < 4.78 is 9.99. The van der Waals surface area contributed by atoms with Crippen LogP contribution in [0.5, 0.6) is 0 Å². The molecular formula is C11H25NO4. The van der Waals surface area contributed by atoms with Gasteiger partial charge in [-0.2, -0.15) is 0 Å². The average molecular weight is 235 g/mol. The first-order valence-electron chi connectivity index (χ1n) is 5.58. The second-order valence-corrected chi connectivity index (χ2v) is 4.67. The van der Waals surface area contributed by atoms with Crippen LogP contribution in [0.3, 0.4) is 0 Å². The summed E-state index contributed by atoms with van der Waals surface area (Å²) in [6, 6.07) is 0. The van der Waals surface area contributed by atoms with Crippen molar-refractivity contribution in [1.29, 1.82) is 0 Å². The summed E-state index contributed by atoms with van der Waals surface area (Å²) in [5, 5.41) is 21.6. The lowest BCUT2D eigenvalue weighted by molar-refractivity contribution is 0.0126. The van der Waals surface area contributed by atoms with Crippen molar-refractivity contribution >= 4 is 0 Å². The summed E-state index contributed by atoms with van der Waals surface area (Å²) in [7, 11) is 1.61. The molecule has 5 nitrogen and oxygen atoms in total. The first-order chi connectivity index (χ1) is 7.52. The van der Waals surface area contributed by atoms with Crippen LogP contribution >= 0.6 is 0 Å². The lowest BCUT2D eigenvalue weighted by Crippen LogP contribution is -2.38. The Kier molecular flexibility index (Phi) is 8.78. The smallest absolute Gasteiger partial charge is 0.0897 e. The maximum Gasteiger partial charge on any atom is 0.0897 e. The van der Waals surface area contributed by atoms with Crippen molar-refractivity contribution < 1.29 is 19.7 Å². The number of aliphatic hydroxyl groups is 2. The number of hydrogen-bond donors (Lipinski definition) is 3. The van der Waals surface area contributed by atoms with Crippen molar-refractivity contribution in [2.75, 3.05) is 46.6 Å². The molecule has 0 radical (unpaired) electrons. The molecule has 0 aromatic heterocycles. The fourth-order valence-electron chi connectivity index (χ4n) is 1.05. The fourth-order valence-corrected chi connectivity index (χ4v) is 1.05. The summed E-state index contributed by atoms with van der Waals surface area (Å²) in [5.74, 6) is 0.